The SMILES string of the molecule is CCc1c(C)sc(NC(=O)c2cc3cccc(O)c3oc2=N)c1C(=O)OC. The molecule has 0 fully saturated rings. The first-order valence-corrected chi connectivity index (χ1v) is 9.01. The lowest BCUT2D eigenvalue weighted by atomic mass is 10.1. The molecule has 7 nitrogen and oxygen atoms in total. The Morgan fingerprint density at radius 3 is 2.78 bits per heavy atom. The average molecular weight is 386 g/mol. The molecule has 0 aliphatic heterocycles. The molecule has 0 bridgehead atoms. The fourth-order valence-electron chi connectivity index (χ4n) is 2.89. The van der Waals surface area contributed by atoms with Crippen molar-refractivity contribution >= 4 is 39.2 Å². The molecule has 0 aliphatic carbocycles. The predicted molar refractivity (Wildman–Crippen MR) is 101 cm³/mol. The maximum absolute atomic E-state index is 12.7. The van der Waals surface area contributed by atoms with Crippen LogP contribution in [0.1, 0.15) is 38.1 Å². The summed E-state index contributed by atoms with van der Waals surface area (Å²) in [5.41, 5.74) is 0.895. The molecule has 27 heavy (non-hydrogen) atoms. The Balaban J connectivity index is 2.04. The van der Waals surface area contributed by atoms with Gasteiger partial charge in [0.2, 0.25) is 5.55 Å². The summed E-state index contributed by atoms with van der Waals surface area (Å²) in [6, 6.07) is 6.19. The molecule has 0 saturated heterocycles. The van der Waals surface area contributed by atoms with E-state index in [-0.39, 0.29) is 22.5 Å². The van der Waals surface area contributed by atoms with Gasteiger partial charge in [-0.1, -0.05) is 19.1 Å². The van der Waals surface area contributed by atoms with E-state index in [4.69, 9.17) is 14.6 Å². The molecule has 0 unspecified atom stereocenters. The molecule has 0 atom stereocenters. The van der Waals surface area contributed by atoms with Gasteiger partial charge in [0.05, 0.1) is 12.7 Å². The van der Waals surface area contributed by atoms with Gasteiger partial charge in [0, 0.05) is 10.3 Å². The van der Waals surface area contributed by atoms with Gasteiger partial charge in [-0.2, -0.15) is 0 Å². The van der Waals surface area contributed by atoms with Crippen LogP contribution in [0.25, 0.3) is 11.0 Å². The number of rotatable bonds is 4. The third-order valence-electron chi connectivity index (χ3n) is 4.20. The number of carbonyl (C=O) groups is 2. The summed E-state index contributed by atoms with van der Waals surface area (Å²) in [5.74, 6) is -1.21. The number of hydrogen-bond donors (Lipinski definition) is 3. The lowest BCUT2D eigenvalue weighted by Gasteiger charge is -2.08. The zero-order valence-electron chi connectivity index (χ0n) is 15.0. The molecule has 0 radical (unpaired) electrons. The number of anilines is 1. The Bertz CT molecular complexity index is 1110. The number of esters is 1. The van der Waals surface area contributed by atoms with Crippen LogP contribution in [0, 0.1) is 12.3 Å². The van der Waals surface area contributed by atoms with E-state index >= 15 is 0 Å². The predicted octanol–water partition coefficient (Wildman–Crippen LogP) is 3.59. The van der Waals surface area contributed by atoms with Crippen molar-refractivity contribution in [1.82, 2.24) is 0 Å². The summed E-state index contributed by atoms with van der Waals surface area (Å²) in [6.07, 6.45) is 0.622. The van der Waals surface area contributed by atoms with E-state index in [2.05, 4.69) is 5.32 Å². The standard InChI is InChI=1S/C19H18N2O5S/c1-4-11-9(2)27-18(14(11)19(24)25-3)21-17(23)12-8-10-6-5-7-13(22)15(10)26-16(12)20/h5-8,20,22H,4H2,1-3H3,(H,21,23). The molecule has 2 aromatic heterocycles. The molecule has 0 aliphatic rings. The minimum absolute atomic E-state index is 0.00647. The van der Waals surface area contributed by atoms with Crippen LogP contribution in [0.2, 0.25) is 0 Å². The Labute approximate surface area is 158 Å². The van der Waals surface area contributed by atoms with Gasteiger partial charge in [-0.05, 0) is 31.0 Å². The highest BCUT2D eigenvalue weighted by Crippen LogP contribution is 2.34. The van der Waals surface area contributed by atoms with Gasteiger partial charge in [0.15, 0.2) is 11.3 Å². The van der Waals surface area contributed by atoms with Gasteiger partial charge >= 0.3 is 5.97 Å². The number of aromatic hydroxyl groups is 1. The third kappa shape index (κ3) is 3.31. The van der Waals surface area contributed by atoms with Crippen LogP contribution >= 0.6 is 11.3 Å². The zero-order valence-corrected chi connectivity index (χ0v) is 15.8. The summed E-state index contributed by atoms with van der Waals surface area (Å²) in [4.78, 5) is 25.8. The Morgan fingerprint density at radius 1 is 1.37 bits per heavy atom. The van der Waals surface area contributed by atoms with Crippen LogP contribution in [0.15, 0.2) is 28.7 Å². The highest BCUT2D eigenvalue weighted by Gasteiger charge is 2.24. The van der Waals surface area contributed by atoms with Crippen molar-refractivity contribution in [1.29, 1.82) is 5.41 Å². The minimum atomic E-state index is -0.581. The second-order valence-electron chi connectivity index (χ2n) is 5.82. The quantitative estimate of drug-likeness (QED) is 0.593. The zero-order chi connectivity index (χ0) is 19.7. The van der Waals surface area contributed by atoms with E-state index in [9.17, 15) is 14.7 Å². The van der Waals surface area contributed by atoms with Crippen LogP contribution in [0.3, 0.4) is 0 Å². The van der Waals surface area contributed by atoms with Gasteiger partial charge in [0.25, 0.3) is 5.91 Å². The highest BCUT2D eigenvalue weighted by atomic mass is 32.1. The molecule has 1 aromatic carbocycles. The van der Waals surface area contributed by atoms with Gasteiger partial charge in [-0.15, -0.1) is 11.3 Å². The molecule has 3 rings (SSSR count). The molecular weight excluding hydrogens is 368 g/mol. The van der Waals surface area contributed by atoms with Crippen molar-refractivity contribution in [2.24, 2.45) is 0 Å². The van der Waals surface area contributed by atoms with E-state index in [1.165, 1.54) is 30.6 Å². The van der Waals surface area contributed by atoms with E-state index in [1.54, 1.807) is 12.1 Å². The molecule has 1 amide bonds. The largest absolute Gasteiger partial charge is 0.504 e. The first kappa shape index (κ1) is 18.7. The van der Waals surface area contributed by atoms with Crippen molar-refractivity contribution in [3.63, 3.8) is 0 Å². The molecule has 0 spiro atoms. The molecule has 8 heteroatoms. The highest BCUT2D eigenvalue weighted by molar-refractivity contribution is 7.16. The normalized spacial score (nSPS) is 10.8. The molecule has 3 N–H and O–H groups in total. The number of amides is 1. The second-order valence-corrected chi connectivity index (χ2v) is 7.05. The second kappa shape index (κ2) is 7.24. The van der Waals surface area contributed by atoms with Crippen LogP contribution in [0.5, 0.6) is 5.75 Å². The fourth-order valence-corrected chi connectivity index (χ4v) is 4.02. The summed E-state index contributed by atoms with van der Waals surface area (Å²) in [6.45, 7) is 3.79. The summed E-state index contributed by atoms with van der Waals surface area (Å²) in [5, 5.41) is 21.3. The van der Waals surface area contributed by atoms with Crippen LogP contribution < -0.4 is 10.9 Å². The number of phenolic OH excluding ortho intramolecular Hbond substituents is 1. The molecule has 2 heterocycles. The number of ether oxygens (including phenoxy) is 1. The molecular formula is C19H18N2O5S. The number of carbonyl (C=O) groups excluding carboxylic acids is 2. The van der Waals surface area contributed by atoms with Crippen LogP contribution in [-0.2, 0) is 11.2 Å². The van der Waals surface area contributed by atoms with Crippen LogP contribution in [0.4, 0.5) is 5.00 Å². The number of hydrogen-bond acceptors (Lipinski definition) is 7. The van der Waals surface area contributed by atoms with Crippen molar-refractivity contribution in [2.75, 3.05) is 12.4 Å². The number of benzene rings is 1. The van der Waals surface area contributed by atoms with Crippen molar-refractivity contribution in [3.05, 3.63) is 51.4 Å². The van der Waals surface area contributed by atoms with Gasteiger partial charge < -0.3 is 19.6 Å². The number of methoxy groups -OCH3 is 1. The lowest BCUT2D eigenvalue weighted by Crippen LogP contribution is -2.21. The topological polar surface area (TPSA) is 113 Å². The fraction of sp³-hybridized carbons (Fsp3) is 0.211. The first-order chi connectivity index (χ1) is 12.9. The number of para-hydroxylation sites is 1. The summed E-state index contributed by atoms with van der Waals surface area (Å²) < 4.78 is 10.1. The monoisotopic (exact) mass is 386 g/mol. The van der Waals surface area contributed by atoms with Crippen molar-refractivity contribution < 1.29 is 23.8 Å². The maximum Gasteiger partial charge on any atom is 0.341 e. The minimum Gasteiger partial charge on any atom is -0.504 e. The van der Waals surface area contributed by atoms with Gasteiger partial charge in [-0.3, -0.25) is 10.2 Å². The average Bonchev–Trinajstić information content (AvgIpc) is 2.96. The Kier molecular flexibility index (Phi) is 5.00. The van der Waals surface area contributed by atoms with E-state index in [0.717, 1.165) is 10.4 Å². The van der Waals surface area contributed by atoms with E-state index in [0.29, 0.717) is 22.4 Å². The van der Waals surface area contributed by atoms with Crippen LogP contribution in [-0.4, -0.2) is 24.1 Å². The van der Waals surface area contributed by atoms with Crippen molar-refractivity contribution in [3.8, 4) is 5.75 Å². The number of aryl methyl sites for hydroxylation is 1. The Morgan fingerprint density at radius 2 is 2.11 bits per heavy atom. The third-order valence-corrected chi connectivity index (χ3v) is 5.26. The smallest absolute Gasteiger partial charge is 0.341 e. The number of fused-ring (bicyclic) bond motifs is 1. The lowest BCUT2D eigenvalue weighted by molar-refractivity contribution is 0.0601. The van der Waals surface area contributed by atoms with Gasteiger partial charge in [0.1, 0.15) is 10.6 Å². The first-order valence-electron chi connectivity index (χ1n) is 8.19. The number of phenols is 1. The molecule has 3 aromatic rings. The maximum atomic E-state index is 12.7. The molecule has 0 saturated carbocycles. The van der Waals surface area contributed by atoms with E-state index < -0.39 is 11.9 Å². The number of thiophene rings is 1. The van der Waals surface area contributed by atoms with E-state index in [1.807, 2.05) is 13.8 Å². The van der Waals surface area contributed by atoms with Gasteiger partial charge in [-0.25, -0.2) is 4.79 Å². The molecule has 140 valence electrons. The van der Waals surface area contributed by atoms with Crippen molar-refractivity contribution in [2.45, 2.75) is 20.3 Å². The summed E-state index contributed by atoms with van der Waals surface area (Å²) in [7, 11) is 1.29. The Hall–Kier alpha value is -3.13. The summed E-state index contributed by atoms with van der Waals surface area (Å²) >= 11 is 1.28. The number of nitrogens with one attached hydrogen (secondary N) is 2.